The van der Waals surface area contributed by atoms with Crippen LogP contribution in [0.1, 0.15) is 33.1 Å². The van der Waals surface area contributed by atoms with Crippen LogP contribution in [0.4, 0.5) is 0 Å². The van der Waals surface area contributed by atoms with Crippen LogP contribution in [0.25, 0.3) is 0 Å². The van der Waals surface area contributed by atoms with E-state index in [9.17, 15) is 0 Å². The third-order valence-corrected chi connectivity index (χ3v) is 1.63. The molecule has 2 heteroatoms. The number of hydrogen-bond donors (Lipinski definition) is 1. The van der Waals surface area contributed by atoms with Crippen molar-refractivity contribution in [1.29, 1.82) is 0 Å². The molecular formula is C10H20O2. The molecular weight excluding hydrogens is 152 g/mol. The van der Waals surface area contributed by atoms with Crippen LogP contribution in [0.15, 0.2) is 12.2 Å². The number of hydrogen-bond acceptors (Lipinski definition) is 2. The summed E-state index contributed by atoms with van der Waals surface area (Å²) < 4.78 is 5.35. The van der Waals surface area contributed by atoms with Gasteiger partial charge in [0.1, 0.15) is 0 Å². The predicted octanol–water partition coefficient (Wildman–Crippen LogP) is 2.13. The molecule has 0 aromatic rings. The van der Waals surface area contributed by atoms with Crippen LogP contribution in [0, 0.1) is 0 Å². The lowest BCUT2D eigenvalue weighted by Crippen LogP contribution is -2.11. The molecule has 0 amide bonds. The summed E-state index contributed by atoms with van der Waals surface area (Å²) in [7, 11) is 0. The van der Waals surface area contributed by atoms with E-state index in [-0.39, 0.29) is 12.7 Å². The van der Waals surface area contributed by atoms with Gasteiger partial charge >= 0.3 is 0 Å². The van der Waals surface area contributed by atoms with E-state index >= 15 is 0 Å². The Morgan fingerprint density at radius 1 is 1.42 bits per heavy atom. The molecule has 0 bridgehead atoms. The van der Waals surface area contributed by atoms with Crippen molar-refractivity contribution in [3.8, 4) is 0 Å². The highest BCUT2D eigenvalue weighted by atomic mass is 16.5. The average molecular weight is 172 g/mol. The molecule has 12 heavy (non-hydrogen) atoms. The average Bonchev–Trinajstić information content (AvgIpc) is 2.11. The number of rotatable bonds is 7. The largest absolute Gasteiger partial charge is 0.394 e. The molecule has 0 fully saturated rings. The van der Waals surface area contributed by atoms with Gasteiger partial charge in [0, 0.05) is 0 Å². The number of allylic oxidation sites excluding steroid dienone is 1. The minimum absolute atomic E-state index is 0.109. The van der Waals surface area contributed by atoms with Gasteiger partial charge in [-0.1, -0.05) is 32.4 Å². The van der Waals surface area contributed by atoms with Gasteiger partial charge in [-0.05, 0) is 12.8 Å². The van der Waals surface area contributed by atoms with Gasteiger partial charge in [0.15, 0.2) is 0 Å². The quantitative estimate of drug-likeness (QED) is 0.596. The van der Waals surface area contributed by atoms with E-state index in [0.29, 0.717) is 6.61 Å². The predicted molar refractivity (Wildman–Crippen MR) is 51.2 cm³/mol. The summed E-state index contributed by atoms with van der Waals surface area (Å²) in [6, 6.07) is 0. The van der Waals surface area contributed by atoms with Crippen molar-refractivity contribution >= 4 is 0 Å². The lowest BCUT2D eigenvalue weighted by atomic mass is 10.2. The summed E-state index contributed by atoms with van der Waals surface area (Å²) in [6.07, 6.45) is 7.67. The number of unbranched alkanes of at least 4 members (excludes halogenated alkanes) is 1. The molecule has 1 N–H and O–H groups in total. The van der Waals surface area contributed by atoms with Crippen LogP contribution in [0.2, 0.25) is 0 Å². The second kappa shape index (κ2) is 8.75. The van der Waals surface area contributed by atoms with Crippen molar-refractivity contribution < 1.29 is 9.84 Å². The Bertz CT molecular complexity index is 110. The fraction of sp³-hybridized carbons (Fsp3) is 0.800. The zero-order valence-electron chi connectivity index (χ0n) is 8.12. The van der Waals surface area contributed by atoms with E-state index in [2.05, 4.69) is 26.0 Å². The molecule has 0 rings (SSSR count). The van der Waals surface area contributed by atoms with Gasteiger partial charge in [0.25, 0.3) is 0 Å². The van der Waals surface area contributed by atoms with Crippen molar-refractivity contribution in [2.45, 2.75) is 39.2 Å². The summed E-state index contributed by atoms with van der Waals surface area (Å²) in [6.45, 7) is 4.78. The Hall–Kier alpha value is -0.340. The van der Waals surface area contributed by atoms with E-state index in [1.54, 1.807) is 0 Å². The van der Waals surface area contributed by atoms with Gasteiger partial charge in [0.05, 0.1) is 19.3 Å². The molecule has 0 heterocycles. The highest BCUT2D eigenvalue weighted by Crippen LogP contribution is 2.01. The van der Waals surface area contributed by atoms with Gasteiger partial charge in [-0.25, -0.2) is 0 Å². The Kier molecular flexibility index (Phi) is 8.51. The first-order chi connectivity index (χ1) is 5.85. The lowest BCUT2D eigenvalue weighted by Gasteiger charge is -2.10. The van der Waals surface area contributed by atoms with Gasteiger partial charge in [0.2, 0.25) is 0 Å². The zero-order valence-corrected chi connectivity index (χ0v) is 8.12. The molecule has 0 saturated heterocycles. The fourth-order valence-corrected chi connectivity index (χ4v) is 0.928. The van der Waals surface area contributed by atoms with Gasteiger partial charge in [-0.2, -0.15) is 0 Å². The highest BCUT2D eigenvalue weighted by molar-refractivity contribution is 4.88. The fourth-order valence-electron chi connectivity index (χ4n) is 0.928. The lowest BCUT2D eigenvalue weighted by molar-refractivity contribution is 0.0527. The standard InChI is InChI=1S/C10H20O2/c1-3-5-6-7-10(4-2)12-9-8-11/h6-7,10-11H,3-5,8-9H2,1-2H3/b7-6+. The van der Waals surface area contributed by atoms with E-state index in [1.807, 2.05) is 0 Å². The molecule has 1 atom stereocenters. The van der Waals surface area contributed by atoms with Crippen molar-refractivity contribution in [3.63, 3.8) is 0 Å². The van der Waals surface area contributed by atoms with E-state index in [1.165, 1.54) is 6.42 Å². The Labute approximate surface area is 75.2 Å². The Balaban J connectivity index is 3.51. The summed E-state index contributed by atoms with van der Waals surface area (Å²) in [5.74, 6) is 0. The molecule has 1 unspecified atom stereocenters. The molecule has 0 saturated carbocycles. The Morgan fingerprint density at radius 2 is 2.17 bits per heavy atom. The number of aliphatic hydroxyl groups is 1. The van der Waals surface area contributed by atoms with Crippen LogP contribution < -0.4 is 0 Å². The maximum Gasteiger partial charge on any atom is 0.0754 e. The maximum atomic E-state index is 8.53. The molecule has 0 spiro atoms. The maximum absolute atomic E-state index is 8.53. The SMILES string of the molecule is CCC/C=C/C(CC)OCCO. The molecule has 0 aliphatic rings. The minimum atomic E-state index is 0.109. The number of aliphatic hydroxyl groups excluding tert-OH is 1. The van der Waals surface area contributed by atoms with Crippen molar-refractivity contribution in [2.75, 3.05) is 13.2 Å². The van der Waals surface area contributed by atoms with Gasteiger partial charge < -0.3 is 9.84 Å². The molecule has 72 valence electrons. The topological polar surface area (TPSA) is 29.5 Å². The van der Waals surface area contributed by atoms with Crippen LogP contribution in [-0.4, -0.2) is 24.4 Å². The first kappa shape index (κ1) is 11.7. The smallest absolute Gasteiger partial charge is 0.0754 e. The number of ether oxygens (including phenoxy) is 1. The molecule has 0 aliphatic carbocycles. The summed E-state index contributed by atoms with van der Waals surface area (Å²) in [5, 5.41) is 8.53. The second-order valence-corrected chi connectivity index (χ2v) is 2.76. The van der Waals surface area contributed by atoms with Gasteiger partial charge in [-0.3, -0.25) is 0 Å². The summed E-state index contributed by atoms with van der Waals surface area (Å²) in [5.41, 5.74) is 0. The van der Waals surface area contributed by atoms with E-state index in [4.69, 9.17) is 9.84 Å². The summed E-state index contributed by atoms with van der Waals surface area (Å²) >= 11 is 0. The highest BCUT2D eigenvalue weighted by Gasteiger charge is 1.99. The van der Waals surface area contributed by atoms with Crippen LogP contribution >= 0.6 is 0 Å². The third-order valence-electron chi connectivity index (χ3n) is 1.63. The molecule has 2 nitrogen and oxygen atoms in total. The Morgan fingerprint density at radius 3 is 2.67 bits per heavy atom. The van der Waals surface area contributed by atoms with Crippen LogP contribution in [0.3, 0.4) is 0 Å². The first-order valence-corrected chi connectivity index (χ1v) is 4.74. The zero-order chi connectivity index (χ0) is 9.23. The van der Waals surface area contributed by atoms with Crippen LogP contribution in [0.5, 0.6) is 0 Å². The van der Waals surface area contributed by atoms with E-state index in [0.717, 1.165) is 12.8 Å². The minimum Gasteiger partial charge on any atom is -0.394 e. The third kappa shape index (κ3) is 6.38. The molecule has 0 aliphatic heterocycles. The van der Waals surface area contributed by atoms with Crippen molar-refractivity contribution in [2.24, 2.45) is 0 Å². The first-order valence-electron chi connectivity index (χ1n) is 4.74. The van der Waals surface area contributed by atoms with E-state index < -0.39 is 0 Å². The van der Waals surface area contributed by atoms with Gasteiger partial charge in [-0.15, -0.1) is 0 Å². The normalized spacial score (nSPS) is 13.9. The summed E-state index contributed by atoms with van der Waals surface area (Å²) in [4.78, 5) is 0. The second-order valence-electron chi connectivity index (χ2n) is 2.76. The molecule has 0 aromatic carbocycles. The monoisotopic (exact) mass is 172 g/mol. The van der Waals surface area contributed by atoms with Crippen LogP contribution in [-0.2, 0) is 4.74 Å². The van der Waals surface area contributed by atoms with Crippen molar-refractivity contribution in [1.82, 2.24) is 0 Å². The molecule has 0 radical (unpaired) electrons. The molecule has 0 aromatic heterocycles. The van der Waals surface area contributed by atoms with Crippen molar-refractivity contribution in [3.05, 3.63) is 12.2 Å².